The molecule has 0 radical (unpaired) electrons. The van der Waals surface area contributed by atoms with Crippen LogP contribution >= 0.6 is 11.6 Å². The number of carbonyl (C=O) groups excluding carboxylic acids is 2. The molecule has 0 bridgehead atoms. The van der Waals surface area contributed by atoms with Gasteiger partial charge in [0.2, 0.25) is 5.78 Å². The van der Waals surface area contributed by atoms with Crippen molar-refractivity contribution in [2.24, 2.45) is 0 Å². The number of nitrogens with one attached hydrogen (secondary N) is 1. The molecule has 1 aromatic heterocycles. The van der Waals surface area contributed by atoms with Crippen molar-refractivity contribution < 1.29 is 14.3 Å². The average molecular weight is 290 g/mol. The second-order valence-corrected chi connectivity index (χ2v) is 4.44. The van der Waals surface area contributed by atoms with Crippen molar-refractivity contribution in [2.45, 2.75) is 0 Å². The Balaban J connectivity index is 1.85. The van der Waals surface area contributed by atoms with E-state index in [2.05, 4.69) is 4.98 Å². The topological polar surface area (TPSA) is 59.2 Å². The maximum atomic E-state index is 11.6. The van der Waals surface area contributed by atoms with Gasteiger partial charge in [-0.25, -0.2) is 4.79 Å². The third-order valence-corrected chi connectivity index (χ3v) is 2.74. The fraction of sp³-hybridized carbons (Fsp3) is 0.0667. The predicted octanol–water partition coefficient (Wildman–Crippen LogP) is 3.11. The molecule has 4 nitrogen and oxygen atoms in total. The lowest BCUT2D eigenvalue weighted by atomic mass is 10.2. The number of Topliss-reactive ketones (excluding diaryl/α,β-unsaturated/α-hetero) is 1. The largest absolute Gasteiger partial charge is 0.454 e. The van der Waals surface area contributed by atoms with E-state index in [1.165, 1.54) is 6.08 Å². The number of rotatable bonds is 5. The predicted molar refractivity (Wildman–Crippen MR) is 76.6 cm³/mol. The lowest BCUT2D eigenvalue weighted by Crippen LogP contribution is -2.12. The molecule has 1 heterocycles. The quantitative estimate of drug-likeness (QED) is 0.523. The van der Waals surface area contributed by atoms with Gasteiger partial charge in [-0.1, -0.05) is 23.7 Å². The van der Waals surface area contributed by atoms with Gasteiger partial charge < -0.3 is 9.72 Å². The van der Waals surface area contributed by atoms with Crippen molar-refractivity contribution in [3.05, 3.63) is 65.0 Å². The molecule has 0 aliphatic rings. The van der Waals surface area contributed by atoms with E-state index < -0.39 is 5.97 Å². The summed E-state index contributed by atoms with van der Waals surface area (Å²) in [4.78, 5) is 25.8. The SMILES string of the molecule is O=C(/C=C/c1cccc(Cl)c1)OCC(=O)c1ccc[nH]1. The summed E-state index contributed by atoms with van der Waals surface area (Å²) in [7, 11) is 0. The Hall–Kier alpha value is -2.33. The van der Waals surface area contributed by atoms with Gasteiger partial charge in [-0.15, -0.1) is 0 Å². The summed E-state index contributed by atoms with van der Waals surface area (Å²) in [6.45, 7) is -0.292. The summed E-state index contributed by atoms with van der Waals surface area (Å²) < 4.78 is 4.85. The molecule has 20 heavy (non-hydrogen) atoms. The molecular formula is C15H12ClNO3. The van der Waals surface area contributed by atoms with Crippen LogP contribution in [0.2, 0.25) is 5.02 Å². The summed E-state index contributed by atoms with van der Waals surface area (Å²) >= 11 is 5.82. The molecule has 0 unspecified atom stereocenters. The molecule has 1 N–H and O–H groups in total. The Morgan fingerprint density at radius 3 is 2.80 bits per heavy atom. The maximum absolute atomic E-state index is 11.6. The first-order valence-electron chi connectivity index (χ1n) is 5.92. The third kappa shape index (κ3) is 4.10. The molecule has 0 atom stereocenters. The van der Waals surface area contributed by atoms with Crippen LogP contribution < -0.4 is 0 Å². The van der Waals surface area contributed by atoms with Crippen molar-refractivity contribution in [3.63, 3.8) is 0 Å². The first kappa shape index (κ1) is 14.1. The molecule has 0 saturated heterocycles. The van der Waals surface area contributed by atoms with Crippen LogP contribution in [0.5, 0.6) is 0 Å². The van der Waals surface area contributed by atoms with Crippen molar-refractivity contribution in [1.29, 1.82) is 0 Å². The van der Waals surface area contributed by atoms with E-state index in [-0.39, 0.29) is 12.4 Å². The van der Waals surface area contributed by atoms with Crippen molar-refractivity contribution in [3.8, 4) is 0 Å². The van der Waals surface area contributed by atoms with Crippen LogP contribution in [-0.2, 0) is 9.53 Å². The van der Waals surface area contributed by atoms with Crippen LogP contribution in [0.1, 0.15) is 16.1 Å². The number of benzene rings is 1. The highest BCUT2D eigenvalue weighted by Crippen LogP contribution is 2.11. The Bertz CT molecular complexity index is 632. The number of aromatic amines is 1. The zero-order valence-corrected chi connectivity index (χ0v) is 11.3. The van der Waals surface area contributed by atoms with Gasteiger partial charge in [-0.05, 0) is 35.9 Å². The molecule has 0 amide bonds. The molecule has 5 heteroatoms. The standard InChI is InChI=1S/C15H12ClNO3/c16-12-4-1-3-11(9-12)6-7-15(19)20-10-14(18)13-5-2-8-17-13/h1-9,17H,10H2/b7-6+. The molecule has 2 aromatic rings. The van der Waals surface area contributed by atoms with E-state index in [0.717, 1.165) is 5.56 Å². The lowest BCUT2D eigenvalue weighted by Gasteiger charge is -2.00. The normalized spacial score (nSPS) is 10.7. The van der Waals surface area contributed by atoms with Crippen molar-refractivity contribution in [2.75, 3.05) is 6.61 Å². The summed E-state index contributed by atoms with van der Waals surface area (Å²) in [5, 5.41) is 0.586. The molecular weight excluding hydrogens is 278 g/mol. The van der Waals surface area contributed by atoms with E-state index in [0.29, 0.717) is 10.7 Å². The lowest BCUT2D eigenvalue weighted by molar-refractivity contribution is -0.136. The van der Waals surface area contributed by atoms with Crippen LogP contribution in [-0.4, -0.2) is 23.3 Å². The molecule has 0 aliphatic heterocycles. The van der Waals surface area contributed by atoms with Crippen LogP contribution in [0, 0.1) is 0 Å². The highest BCUT2D eigenvalue weighted by atomic mass is 35.5. The van der Waals surface area contributed by atoms with E-state index >= 15 is 0 Å². The van der Waals surface area contributed by atoms with Gasteiger partial charge in [0, 0.05) is 17.3 Å². The van der Waals surface area contributed by atoms with Crippen LogP contribution in [0.25, 0.3) is 6.08 Å². The first-order chi connectivity index (χ1) is 9.65. The summed E-state index contributed by atoms with van der Waals surface area (Å²) in [5.74, 6) is -0.857. The average Bonchev–Trinajstić information content (AvgIpc) is 2.97. The second kappa shape index (κ2) is 6.73. The van der Waals surface area contributed by atoms with Gasteiger partial charge in [-0.2, -0.15) is 0 Å². The minimum atomic E-state index is -0.579. The molecule has 1 aromatic carbocycles. The second-order valence-electron chi connectivity index (χ2n) is 4.00. The Morgan fingerprint density at radius 2 is 2.10 bits per heavy atom. The van der Waals surface area contributed by atoms with Gasteiger partial charge in [0.25, 0.3) is 0 Å². The minimum absolute atomic E-state index is 0.278. The smallest absolute Gasteiger partial charge is 0.331 e. The zero-order valence-electron chi connectivity index (χ0n) is 10.5. The van der Waals surface area contributed by atoms with Crippen LogP contribution in [0.15, 0.2) is 48.7 Å². The maximum Gasteiger partial charge on any atom is 0.331 e. The number of halogens is 1. The molecule has 0 spiro atoms. The zero-order chi connectivity index (χ0) is 14.4. The summed E-state index contributed by atoms with van der Waals surface area (Å²) in [6.07, 6.45) is 4.47. The monoisotopic (exact) mass is 289 g/mol. The number of H-pyrrole nitrogens is 1. The van der Waals surface area contributed by atoms with Gasteiger partial charge in [-0.3, -0.25) is 4.79 Å². The van der Waals surface area contributed by atoms with Crippen LogP contribution in [0.4, 0.5) is 0 Å². The number of ether oxygens (including phenoxy) is 1. The third-order valence-electron chi connectivity index (χ3n) is 2.50. The highest BCUT2D eigenvalue weighted by Gasteiger charge is 2.08. The summed E-state index contributed by atoms with van der Waals surface area (Å²) in [5.41, 5.74) is 1.20. The van der Waals surface area contributed by atoms with Gasteiger partial charge in [0.05, 0.1) is 5.69 Å². The number of esters is 1. The number of hydrogen-bond acceptors (Lipinski definition) is 3. The number of ketones is 1. The molecule has 102 valence electrons. The molecule has 2 rings (SSSR count). The van der Waals surface area contributed by atoms with Crippen LogP contribution in [0.3, 0.4) is 0 Å². The Morgan fingerprint density at radius 1 is 1.25 bits per heavy atom. The number of aromatic nitrogens is 1. The summed E-state index contributed by atoms with van der Waals surface area (Å²) in [6, 6.07) is 10.4. The first-order valence-corrected chi connectivity index (χ1v) is 6.30. The van der Waals surface area contributed by atoms with E-state index in [4.69, 9.17) is 16.3 Å². The molecule has 0 aliphatic carbocycles. The minimum Gasteiger partial charge on any atom is -0.454 e. The van der Waals surface area contributed by atoms with Crippen molar-refractivity contribution in [1.82, 2.24) is 4.98 Å². The van der Waals surface area contributed by atoms with Crippen molar-refractivity contribution >= 4 is 29.4 Å². The number of hydrogen-bond donors (Lipinski definition) is 1. The fourth-order valence-corrected chi connectivity index (χ4v) is 1.74. The van der Waals surface area contributed by atoms with E-state index in [1.807, 2.05) is 0 Å². The van der Waals surface area contributed by atoms with Gasteiger partial charge >= 0.3 is 5.97 Å². The van der Waals surface area contributed by atoms with Gasteiger partial charge in [0.1, 0.15) is 0 Å². The Kier molecular flexibility index (Phi) is 4.74. The fourth-order valence-electron chi connectivity index (χ4n) is 1.54. The molecule has 0 fully saturated rings. The van der Waals surface area contributed by atoms with E-state index in [1.54, 1.807) is 48.7 Å². The van der Waals surface area contributed by atoms with E-state index in [9.17, 15) is 9.59 Å². The van der Waals surface area contributed by atoms with Gasteiger partial charge in [0.15, 0.2) is 6.61 Å². The Labute approximate surface area is 121 Å². The molecule has 0 saturated carbocycles. The number of carbonyl (C=O) groups is 2. The highest BCUT2D eigenvalue weighted by molar-refractivity contribution is 6.30.